The summed E-state index contributed by atoms with van der Waals surface area (Å²) < 4.78 is 0. The predicted octanol–water partition coefficient (Wildman–Crippen LogP) is 2.99. The molecule has 94 valence electrons. The highest BCUT2D eigenvalue weighted by Gasteiger charge is 2.11. The van der Waals surface area contributed by atoms with Crippen LogP contribution in [0.25, 0.3) is 22.2 Å². The van der Waals surface area contributed by atoms with Crippen molar-refractivity contribution < 1.29 is 5.11 Å². The molecule has 0 spiro atoms. The van der Waals surface area contributed by atoms with E-state index >= 15 is 0 Å². The molecule has 1 heterocycles. The van der Waals surface area contributed by atoms with Crippen LogP contribution in [0, 0.1) is 0 Å². The average Bonchev–Trinajstić information content (AvgIpc) is 2.82. The number of hydrogen-bond donors (Lipinski definition) is 1. The Balaban J connectivity index is 2.24. The van der Waals surface area contributed by atoms with Crippen molar-refractivity contribution in [2.45, 2.75) is 6.54 Å². The molecule has 4 nitrogen and oxygen atoms in total. The Morgan fingerprint density at radius 1 is 1.05 bits per heavy atom. The molecule has 3 rings (SSSR count). The van der Waals surface area contributed by atoms with Crippen LogP contribution in [0.4, 0.5) is 0 Å². The van der Waals surface area contributed by atoms with Gasteiger partial charge in [0, 0.05) is 11.1 Å². The maximum atomic E-state index is 9.96. The van der Waals surface area contributed by atoms with Gasteiger partial charge in [-0.1, -0.05) is 36.4 Å². The molecular weight excluding hydrogens is 238 g/mol. The van der Waals surface area contributed by atoms with E-state index in [2.05, 4.69) is 16.8 Å². The lowest BCUT2D eigenvalue weighted by Gasteiger charge is -2.04. The Morgan fingerprint density at radius 3 is 2.63 bits per heavy atom. The summed E-state index contributed by atoms with van der Waals surface area (Å²) in [5.41, 5.74) is 3.23. The number of para-hydroxylation sites is 1. The summed E-state index contributed by atoms with van der Waals surface area (Å²) in [5, 5.41) is 18.8. The molecule has 19 heavy (non-hydrogen) atoms. The summed E-state index contributed by atoms with van der Waals surface area (Å²) in [6.07, 6.45) is 1.75. The molecule has 1 aromatic heterocycles. The number of aromatic hydroxyl groups is 1. The number of rotatable bonds is 3. The van der Waals surface area contributed by atoms with Crippen molar-refractivity contribution in [3.8, 4) is 16.9 Å². The highest BCUT2D eigenvalue weighted by Crippen LogP contribution is 2.32. The summed E-state index contributed by atoms with van der Waals surface area (Å²) in [6.45, 7) is 4.24. The Kier molecular flexibility index (Phi) is 2.76. The van der Waals surface area contributed by atoms with E-state index < -0.39 is 0 Å². The number of nitrogens with zero attached hydrogens (tertiary/aromatic N) is 3. The van der Waals surface area contributed by atoms with Crippen molar-refractivity contribution in [1.82, 2.24) is 15.0 Å². The van der Waals surface area contributed by atoms with Gasteiger partial charge in [-0.05, 0) is 12.1 Å². The van der Waals surface area contributed by atoms with Gasteiger partial charge < -0.3 is 5.11 Å². The summed E-state index contributed by atoms with van der Waals surface area (Å²) in [4.78, 5) is 1.60. The fraction of sp³-hybridized carbons (Fsp3) is 0.0667. The number of aromatic nitrogens is 3. The largest absolute Gasteiger partial charge is 0.507 e. The van der Waals surface area contributed by atoms with Crippen LogP contribution in [-0.4, -0.2) is 20.1 Å². The zero-order valence-corrected chi connectivity index (χ0v) is 10.3. The SMILES string of the molecule is C=CCn1nc2cccc(-c3ccccc3O)c2n1. The topological polar surface area (TPSA) is 50.9 Å². The van der Waals surface area contributed by atoms with E-state index in [0.717, 1.165) is 22.2 Å². The molecule has 0 amide bonds. The maximum Gasteiger partial charge on any atom is 0.123 e. The second-order valence-electron chi connectivity index (χ2n) is 4.23. The summed E-state index contributed by atoms with van der Waals surface area (Å²) >= 11 is 0. The third kappa shape index (κ3) is 1.97. The van der Waals surface area contributed by atoms with Crippen LogP contribution in [0.15, 0.2) is 55.1 Å². The number of fused-ring (bicyclic) bond motifs is 1. The van der Waals surface area contributed by atoms with Gasteiger partial charge in [-0.15, -0.1) is 6.58 Å². The van der Waals surface area contributed by atoms with Gasteiger partial charge in [-0.2, -0.15) is 15.0 Å². The standard InChI is InChI=1S/C15H13N3O/c1-2-10-18-16-13-8-5-7-12(15(13)17-18)11-6-3-4-9-14(11)19/h2-9,19H,1,10H2. The van der Waals surface area contributed by atoms with E-state index in [1.54, 1.807) is 23.0 Å². The zero-order valence-electron chi connectivity index (χ0n) is 10.3. The molecule has 0 radical (unpaired) electrons. The van der Waals surface area contributed by atoms with Crippen molar-refractivity contribution >= 4 is 11.0 Å². The van der Waals surface area contributed by atoms with E-state index in [1.165, 1.54) is 0 Å². The van der Waals surface area contributed by atoms with Crippen LogP contribution in [0.2, 0.25) is 0 Å². The minimum Gasteiger partial charge on any atom is -0.507 e. The van der Waals surface area contributed by atoms with E-state index in [4.69, 9.17) is 0 Å². The minimum absolute atomic E-state index is 0.244. The molecule has 0 fully saturated rings. The Hall–Kier alpha value is -2.62. The molecule has 0 unspecified atom stereocenters. The highest BCUT2D eigenvalue weighted by molar-refractivity contribution is 5.92. The lowest BCUT2D eigenvalue weighted by Crippen LogP contribution is -1.98. The first kappa shape index (κ1) is 11.5. The van der Waals surface area contributed by atoms with Crippen LogP contribution in [0.3, 0.4) is 0 Å². The van der Waals surface area contributed by atoms with Gasteiger partial charge in [0.15, 0.2) is 0 Å². The first-order chi connectivity index (χ1) is 9.29. The number of allylic oxidation sites excluding steroid dienone is 1. The van der Waals surface area contributed by atoms with Gasteiger partial charge in [-0.25, -0.2) is 0 Å². The summed E-state index contributed by atoms with van der Waals surface area (Å²) in [6, 6.07) is 13.0. The molecule has 0 aliphatic heterocycles. The van der Waals surface area contributed by atoms with Crippen molar-refractivity contribution in [2.75, 3.05) is 0 Å². The normalized spacial score (nSPS) is 10.7. The lowest BCUT2D eigenvalue weighted by atomic mass is 10.0. The smallest absolute Gasteiger partial charge is 0.123 e. The Bertz CT molecular complexity index is 746. The van der Waals surface area contributed by atoms with Crippen molar-refractivity contribution in [3.05, 3.63) is 55.1 Å². The van der Waals surface area contributed by atoms with Crippen molar-refractivity contribution in [3.63, 3.8) is 0 Å². The van der Waals surface area contributed by atoms with E-state index in [0.29, 0.717) is 6.54 Å². The predicted molar refractivity (Wildman–Crippen MR) is 74.8 cm³/mol. The number of hydrogen-bond acceptors (Lipinski definition) is 3. The number of benzene rings is 2. The molecule has 3 aromatic rings. The number of phenolic OH excluding ortho intramolecular Hbond substituents is 1. The highest BCUT2D eigenvalue weighted by atomic mass is 16.3. The second kappa shape index (κ2) is 4.57. The molecule has 0 aliphatic rings. The van der Waals surface area contributed by atoms with E-state index in [9.17, 15) is 5.11 Å². The van der Waals surface area contributed by atoms with Crippen LogP contribution < -0.4 is 0 Å². The van der Waals surface area contributed by atoms with E-state index in [1.807, 2.05) is 30.3 Å². The Morgan fingerprint density at radius 2 is 1.84 bits per heavy atom. The number of phenols is 1. The molecule has 1 N–H and O–H groups in total. The first-order valence-corrected chi connectivity index (χ1v) is 6.02. The van der Waals surface area contributed by atoms with Gasteiger partial charge in [0.1, 0.15) is 16.8 Å². The van der Waals surface area contributed by atoms with E-state index in [-0.39, 0.29) is 5.75 Å². The Labute approximate surface area is 110 Å². The fourth-order valence-electron chi connectivity index (χ4n) is 2.10. The minimum atomic E-state index is 0.244. The molecule has 0 saturated carbocycles. The molecule has 0 atom stereocenters. The second-order valence-corrected chi connectivity index (χ2v) is 4.23. The molecule has 4 heteroatoms. The van der Waals surface area contributed by atoms with Crippen molar-refractivity contribution in [1.29, 1.82) is 0 Å². The molecular formula is C15H13N3O. The summed E-state index contributed by atoms with van der Waals surface area (Å²) in [7, 11) is 0. The zero-order chi connectivity index (χ0) is 13.2. The van der Waals surface area contributed by atoms with Crippen LogP contribution >= 0.6 is 0 Å². The lowest BCUT2D eigenvalue weighted by molar-refractivity contribution is 0.477. The van der Waals surface area contributed by atoms with Crippen molar-refractivity contribution in [2.24, 2.45) is 0 Å². The molecule has 0 aliphatic carbocycles. The third-order valence-corrected chi connectivity index (χ3v) is 2.94. The average molecular weight is 251 g/mol. The maximum absolute atomic E-state index is 9.96. The van der Waals surface area contributed by atoms with Gasteiger partial charge in [0.05, 0.1) is 6.54 Å². The first-order valence-electron chi connectivity index (χ1n) is 6.02. The van der Waals surface area contributed by atoms with Gasteiger partial charge in [0.25, 0.3) is 0 Å². The summed E-state index contributed by atoms with van der Waals surface area (Å²) in [5.74, 6) is 0.244. The molecule has 0 bridgehead atoms. The van der Waals surface area contributed by atoms with Crippen LogP contribution in [0.5, 0.6) is 5.75 Å². The molecule has 0 saturated heterocycles. The van der Waals surface area contributed by atoms with Crippen LogP contribution in [-0.2, 0) is 6.54 Å². The monoisotopic (exact) mass is 251 g/mol. The molecule has 2 aromatic carbocycles. The van der Waals surface area contributed by atoms with Gasteiger partial charge in [-0.3, -0.25) is 0 Å². The quantitative estimate of drug-likeness (QED) is 0.728. The van der Waals surface area contributed by atoms with Gasteiger partial charge in [0.2, 0.25) is 0 Å². The van der Waals surface area contributed by atoms with Gasteiger partial charge >= 0.3 is 0 Å². The fourth-order valence-corrected chi connectivity index (χ4v) is 2.10. The third-order valence-electron chi connectivity index (χ3n) is 2.94. The van der Waals surface area contributed by atoms with Crippen LogP contribution in [0.1, 0.15) is 0 Å².